The Morgan fingerprint density at radius 2 is 2.07 bits per heavy atom. The molecule has 0 saturated carbocycles. The third-order valence-corrected chi connectivity index (χ3v) is 5.04. The first-order valence-corrected chi connectivity index (χ1v) is 8.80. The molecule has 0 aliphatic carbocycles. The third kappa shape index (κ3) is 3.99. The number of nitrogens with zero attached hydrogens (tertiary/aromatic N) is 1. The summed E-state index contributed by atoms with van der Waals surface area (Å²) >= 11 is 0. The second kappa shape index (κ2) is 7.86. The van der Waals surface area contributed by atoms with Gasteiger partial charge in [-0.25, -0.2) is 8.78 Å². The molecule has 27 heavy (non-hydrogen) atoms. The SMILES string of the molecule is CC(=O)C1C[C@@H](COc2cccc(C)c2C=O)N(c2cc(F)ccc2F)C1. The van der Waals surface area contributed by atoms with E-state index in [0.29, 0.717) is 24.3 Å². The molecule has 1 saturated heterocycles. The van der Waals surface area contributed by atoms with E-state index in [9.17, 15) is 18.4 Å². The molecule has 1 aliphatic heterocycles. The van der Waals surface area contributed by atoms with Crippen LogP contribution < -0.4 is 9.64 Å². The van der Waals surface area contributed by atoms with E-state index in [1.54, 1.807) is 17.0 Å². The van der Waals surface area contributed by atoms with Gasteiger partial charge in [0.05, 0.1) is 17.3 Å². The average Bonchev–Trinajstić information content (AvgIpc) is 3.06. The topological polar surface area (TPSA) is 46.6 Å². The quantitative estimate of drug-likeness (QED) is 0.720. The van der Waals surface area contributed by atoms with Gasteiger partial charge in [-0.3, -0.25) is 9.59 Å². The van der Waals surface area contributed by atoms with Gasteiger partial charge in [0, 0.05) is 18.5 Å². The van der Waals surface area contributed by atoms with Crippen molar-refractivity contribution in [3.63, 3.8) is 0 Å². The zero-order chi connectivity index (χ0) is 19.6. The number of ketones is 1. The lowest BCUT2D eigenvalue weighted by Gasteiger charge is -2.27. The first-order valence-electron chi connectivity index (χ1n) is 8.80. The van der Waals surface area contributed by atoms with Crippen LogP contribution in [0.4, 0.5) is 14.5 Å². The number of aldehydes is 1. The van der Waals surface area contributed by atoms with E-state index in [1.165, 1.54) is 6.92 Å². The second-order valence-electron chi connectivity index (χ2n) is 6.86. The number of aryl methyl sites for hydroxylation is 1. The summed E-state index contributed by atoms with van der Waals surface area (Å²) < 4.78 is 33.8. The number of ether oxygens (including phenoxy) is 1. The van der Waals surface area contributed by atoms with Crippen LogP contribution in [-0.2, 0) is 4.79 Å². The summed E-state index contributed by atoms with van der Waals surface area (Å²) in [7, 11) is 0. The van der Waals surface area contributed by atoms with Crippen LogP contribution >= 0.6 is 0 Å². The highest BCUT2D eigenvalue weighted by Crippen LogP contribution is 2.33. The van der Waals surface area contributed by atoms with Crippen molar-refractivity contribution in [1.29, 1.82) is 0 Å². The van der Waals surface area contributed by atoms with E-state index in [4.69, 9.17) is 4.74 Å². The van der Waals surface area contributed by atoms with E-state index in [-0.39, 0.29) is 30.0 Å². The van der Waals surface area contributed by atoms with E-state index < -0.39 is 11.6 Å². The predicted octanol–water partition coefficient (Wildman–Crippen LogP) is 3.95. The van der Waals surface area contributed by atoms with Crippen LogP contribution in [0.3, 0.4) is 0 Å². The second-order valence-corrected chi connectivity index (χ2v) is 6.86. The Bertz CT molecular complexity index is 869. The Hall–Kier alpha value is -2.76. The molecule has 1 fully saturated rings. The molecule has 0 bridgehead atoms. The lowest BCUT2D eigenvalue weighted by Crippen LogP contribution is -2.35. The molecular weight excluding hydrogens is 352 g/mol. The molecular formula is C21H21F2NO3. The molecule has 2 aromatic carbocycles. The highest BCUT2D eigenvalue weighted by molar-refractivity contribution is 5.81. The maximum absolute atomic E-state index is 14.3. The number of carbonyl (C=O) groups is 2. The minimum Gasteiger partial charge on any atom is -0.491 e. The molecule has 1 heterocycles. The van der Waals surface area contributed by atoms with Crippen LogP contribution in [-0.4, -0.2) is 31.3 Å². The minimum absolute atomic E-state index is 0.00319. The highest BCUT2D eigenvalue weighted by Gasteiger charge is 2.36. The molecule has 0 radical (unpaired) electrons. The van der Waals surface area contributed by atoms with Gasteiger partial charge >= 0.3 is 0 Å². The van der Waals surface area contributed by atoms with Gasteiger partial charge in [-0.15, -0.1) is 0 Å². The number of hydrogen-bond donors (Lipinski definition) is 0. The minimum atomic E-state index is -0.547. The van der Waals surface area contributed by atoms with Crippen LogP contribution in [0.1, 0.15) is 29.3 Å². The number of Topliss-reactive ketones (excluding diaryl/α,β-unsaturated/α-hetero) is 1. The molecule has 3 rings (SSSR count). The van der Waals surface area contributed by atoms with Crippen molar-refractivity contribution in [1.82, 2.24) is 0 Å². The summed E-state index contributed by atoms with van der Waals surface area (Å²) in [5.41, 5.74) is 1.37. The number of carbonyl (C=O) groups excluding carboxylic acids is 2. The summed E-state index contributed by atoms with van der Waals surface area (Å²) in [5.74, 6) is -0.919. The fraction of sp³-hybridized carbons (Fsp3) is 0.333. The van der Waals surface area contributed by atoms with Gasteiger partial charge in [0.1, 0.15) is 29.8 Å². The van der Waals surface area contributed by atoms with Gasteiger partial charge in [-0.1, -0.05) is 12.1 Å². The maximum Gasteiger partial charge on any atom is 0.154 e. The predicted molar refractivity (Wildman–Crippen MR) is 98.3 cm³/mol. The lowest BCUT2D eigenvalue weighted by molar-refractivity contribution is -0.120. The Morgan fingerprint density at radius 1 is 1.30 bits per heavy atom. The van der Waals surface area contributed by atoms with E-state index >= 15 is 0 Å². The number of hydrogen-bond acceptors (Lipinski definition) is 4. The van der Waals surface area contributed by atoms with Gasteiger partial charge < -0.3 is 9.64 Å². The normalized spacial score (nSPS) is 19.2. The summed E-state index contributed by atoms with van der Waals surface area (Å²) in [5, 5.41) is 0. The Morgan fingerprint density at radius 3 is 2.78 bits per heavy atom. The van der Waals surface area contributed by atoms with Gasteiger partial charge in [0.25, 0.3) is 0 Å². The fourth-order valence-corrected chi connectivity index (χ4v) is 3.49. The highest BCUT2D eigenvalue weighted by atomic mass is 19.1. The van der Waals surface area contributed by atoms with Crippen molar-refractivity contribution in [2.75, 3.05) is 18.1 Å². The Balaban J connectivity index is 1.85. The standard InChI is InChI=1S/C21H21F2NO3/c1-13-4-3-5-21(18(13)11-25)27-12-17-8-15(14(2)26)10-24(17)20-9-16(22)6-7-19(20)23/h3-7,9,11,15,17H,8,10,12H2,1-2H3/t15?,17-/m0/s1. The first kappa shape index (κ1) is 19.0. The summed E-state index contributed by atoms with van der Waals surface area (Å²) in [4.78, 5) is 24.9. The third-order valence-electron chi connectivity index (χ3n) is 5.04. The van der Waals surface area contributed by atoms with Crippen LogP contribution in [0.2, 0.25) is 0 Å². The van der Waals surface area contributed by atoms with Crippen molar-refractivity contribution < 1.29 is 23.1 Å². The number of rotatable bonds is 6. The molecule has 4 nitrogen and oxygen atoms in total. The number of benzene rings is 2. The van der Waals surface area contributed by atoms with Crippen LogP contribution in [0, 0.1) is 24.5 Å². The van der Waals surface area contributed by atoms with Crippen LogP contribution in [0.25, 0.3) is 0 Å². The zero-order valence-corrected chi connectivity index (χ0v) is 15.2. The van der Waals surface area contributed by atoms with Crippen LogP contribution in [0.5, 0.6) is 5.75 Å². The fourth-order valence-electron chi connectivity index (χ4n) is 3.49. The molecule has 0 N–H and O–H groups in total. The van der Waals surface area contributed by atoms with Crippen molar-refractivity contribution in [2.24, 2.45) is 5.92 Å². The van der Waals surface area contributed by atoms with Crippen LogP contribution in [0.15, 0.2) is 36.4 Å². The molecule has 1 aliphatic rings. The molecule has 1 unspecified atom stereocenters. The summed E-state index contributed by atoms with van der Waals surface area (Å²) in [6.45, 7) is 3.77. The summed E-state index contributed by atoms with van der Waals surface area (Å²) in [6, 6.07) is 8.26. The number of halogens is 2. The van der Waals surface area contributed by atoms with Crippen molar-refractivity contribution in [3.8, 4) is 5.75 Å². The monoisotopic (exact) mass is 373 g/mol. The molecule has 142 valence electrons. The smallest absolute Gasteiger partial charge is 0.154 e. The average molecular weight is 373 g/mol. The first-order chi connectivity index (χ1) is 12.9. The lowest BCUT2D eigenvalue weighted by atomic mass is 10.0. The van der Waals surface area contributed by atoms with Crippen molar-refractivity contribution >= 4 is 17.8 Å². The molecule has 0 amide bonds. The Kier molecular flexibility index (Phi) is 5.54. The molecule has 0 aromatic heterocycles. The molecule has 2 atom stereocenters. The molecule has 0 spiro atoms. The number of anilines is 1. The van der Waals surface area contributed by atoms with Gasteiger partial charge in [0.2, 0.25) is 0 Å². The van der Waals surface area contributed by atoms with E-state index in [1.807, 2.05) is 13.0 Å². The largest absolute Gasteiger partial charge is 0.491 e. The van der Waals surface area contributed by atoms with E-state index in [2.05, 4.69) is 0 Å². The summed E-state index contributed by atoms with van der Waals surface area (Å²) in [6.07, 6.45) is 1.22. The maximum atomic E-state index is 14.3. The van der Waals surface area contributed by atoms with Crippen molar-refractivity contribution in [2.45, 2.75) is 26.3 Å². The molecule has 6 heteroatoms. The zero-order valence-electron chi connectivity index (χ0n) is 15.2. The van der Waals surface area contributed by atoms with Gasteiger partial charge in [-0.05, 0) is 44.0 Å². The molecule has 2 aromatic rings. The van der Waals surface area contributed by atoms with Gasteiger partial charge in [0.15, 0.2) is 6.29 Å². The van der Waals surface area contributed by atoms with E-state index in [0.717, 1.165) is 30.0 Å². The Labute approximate surface area is 156 Å². The van der Waals surface area contributed by atoms with Gasteiger partial charge in [-0.2, -0.15) is 0 Å². The van der Waals surface area contributed by atoms with Crippen molar-refractivity contribution in [3.05, 3.63) is 59.2 Å².